The number of nitrogens with zero attached hydrogens (tertiary/aromatic N) is 1. The fourth-order valence-electron chi connectivity index (χ4n) is 3.02. The van der Waals surface area contributed by atoms with Gasteiger partial charge in [0, 0.05) is 13.1 Å². The van der Waals surface area contributed by atoms with Gasteiger partial charge in [-0.25, -0.2) is 0 Å². The normalized spacial score (nSPS) is 17.7. The zero-order valence-electron chi connectivity index (χ0n) is 14.1. The van der Waals surface area contributed by atoms with E-state index >= 15 is 0 Å². The fourth-order valence-corrected chi connectivity index (χ4v) is 3.02. The highest BCUT2D eigenvalue weighted by atomic mass is 16.5. The van der Waals surface area contributed by atoms with Crippen molar-refractivity contribution in [2.75, 3.05) is 39.6 Å². The highest BCUT2D eigenvalue weighted by Crippen LogP contribution is 2.20. The van der Waals surface area contributed by atoms with E-state index in [1.807, 2.05) is 0 Å². The molecule has 1 rings (SSSR count). The Balaban J connectivity index is 1.95. The lowest BCUT2D eigenvalue weighted by Gasteiger charge is -2.17. The number of rotatable bonds is 13. The molecule has 1 unspecified atom stereocenters. The van der Waals surface area contributed by atoms with Crippen LogP contribution in [0.15, 0.2) is 0 Å². The lowest BCUT2D eigenvalue weighted by Crippen LogP contribution is -2.26. The van der Waals surface area contributed by atoms with Crippen LogP contribution in [0.3, 0.4) is 0 Å². The minimum Gasteiger partial charge on any atom is -0.391 e. The van der Waals surface area contributed by atoms with Crippen LogP contribution in [0.1, 0.15) is 58.8 Å². The van der Waals surface area contributed by atoms with Gasteiger partial charge in [-0.05, 0) is 12.3 Å². The van der Waals surface area contributed by atoms with E-state index in [1.54, 1.807) is 0 Å². The van der Waals surface area contributed by atoms with Crippen molar-refractivity contribution in [2.45, 2.75) is 64.9 Å². The van der Waals surface area contributed by atoms with Gasteiger partial charge >= 0.3 is 0 Å². The molecule has 0 saturated carbocycles. The summed E-state index contributed by atoms with van der Waals surface area (Å²) in [5.74, 6) is 0.850. The highest BCUT2D eigenvalue weighted by Gasteiger charge is 2.12. The van der Waals surface area contributed by atoms with Crippen molar-refractivity contribution in [1.82, 2.24) is 4.90 Å². The molecule has 0 radical (unpaired) electrons. The first-order chi connectivity index (χ1) is 10.3. The molecule has 1 aliphatic heterocycles. The van der Waals surface area contributed by atoms with Gasteiger partial charge in [0.2, 0.25) is 0 Å². The van der Waals surface area contributed by atoms with E-state index in [2.05, 4.69) is 18.7 Å². The van der Waals surface area contributed by atoms with Gasteiger partial charge < -0.3 is 14.6 Å². The van der Waals surface area contributed by atoms with E-state index in [9.17, 15) is 5.11 Å². The second kappa shape index (κ2) is 12.4. The Morgan fingerprint density at radius 1 is 1.14 bits per heavy atom. The number of hydrogen-bond acceptors (Lipinski definition) is 4. The third kappa shape index (κ3) is 9.46. The van der Waals surface area contributed by atoms with Gasteiger partial charge in [0.15, 0.2) is 0 Å². The van der Waals surface area contributed by atoms with Crippen molar-refractivity contribution in [3.63, 3.8) is 0 Å². The Bertz CT molecular complexity index is 226. The van der Waals surface area contributed by atoms with Crippen LogP contribution in [0, 0.1) is 5.92 Å². The maximum atomic E-state index is 9.95. The van der Waals surface area contributed by atoms with Crippen LogP contribution in [-0.4, -0.2) is 55.8 Å². The Morgan fingerprint density at radius 3 is 2.52 bits per heavy atom. The summed E-state index contributed by atoms with van der Waals surface area (Å²) in [6, 6.07) is 0. The minimum absolute atomic E-state index is 0.302. The zero-order chi connectivity index (χ0) is 15.3. The molecule has 126 valence electrons. The molecular weight excluding hydrogens is 266 g/mol. The van der Waals surface area contributed by atoms with Gasteiger partial charge in [-0.3, -0.25) is 4.90 Å². The fraction of sp³-hybridized carbons (Fsp3) is 1.00. The maximum Gasteiger partial charge on any atom is 0.0992 e. The highest BCUT2D eigenvalue weighted by molar-refractivity contribution is 4.62. The first-order valence-corrected chi connectivity index (χ1v) is 8.82. The topological polar surface area (TPSA) is 41.9 Å². The van der Waals surface area contributed by atoms with Gasteiger partial charge in [-0.15, -0.1) is 0 Å². The molecule has 1 N–H and O–H groups in total. The monoisotopic (exact) mass is 301 g/mol. The van der Waals surface area contributed by atoms with E-state index in [4.69, 9.17) is 9.47 Å². The standard InChI is InChI=1S/C17H35NO3/c1-3-6-16(7-4-2)8-5-9-17(19)14-20-12-10-18-11-13-21-15-18/h16-17,19H,3-15H2,1-2H3. The smallest absolute Gasteiger partial charge is 0.0992 e. The third-order valence-electron chi connectivity index (χ3n) is 4.23. The van der Waals surface area contributed by atoms with Crippen LogP contribution in [0.25, 0.3) is 0 Å². The molecule has 0 spiro atoms. The van der Waals surface area contributed by atoms with Crippen LogP contribution >= 0.6 is 0 Å². The van der Waals surface area contributed by atoms with E-state index in [0.29, 0.717) is 13.2 Å². The second-order valence-electron chi connectivity index (χ2n) is 6.26. The lowest BCUT2D eigenvalue weighted by molar-refractivity contribution is 0.0197. The summed E-state index contributed by atoms with van der Waals surface area (Å²) < 4.78 is 10.8. The van der Waals surface area contributed by atoms with Crippen molar-refractivity contribution < 1.29 is 14.6 Å². The molecule has 21 heavy (non-hydrogen) atoms. The molecule has 4 heteroatoms. The van der Waals surface area contributed by atoms with Crippen LogP contribution in [0.5, 0.6) is 0 Å². The predicted molar refractivity (Wildman–Crippen MR) is 86.4 cm³/mol. The zero-order valence-corrected chi connectivity index (χ0v) is 14.1. The molecule has 1 aliphatic rings. The lowest BCUT2D eigenvalue weighted by atomic mass is 9.92. The summed E-state index contributed by atoms with van der Waals surface area (Å²) >= 11 is 0. The van der Waals surface area contributed by atoms with Gasteiger partial charge in [0.05, 0.1) is 32.7 Å². The number of hydrogen-bond donors (Lipinski definition) is 1. The summed E-state index contributed by atoms with van der Waals surface area (Å²) in [6.45, 7) is 9.15. The molecule has 0 bridgehead atoms. The van der Waals surface area contributed by atoms with E-state index in [-0.39, 0.29) is 6.10 Å². The van der Waals surface area contributed by atoms with E-state index in [0.717, 1.165) is 45.2 Å². The molecule has 0 aromatic carbocycles. The number of ether oxygens (including phenoxy) is 2. The summed E-state index contributed by atoms with van der Waals surface area (Å²) in [6.07, 6.45) is 8.16. The summed E-state index contributed by atoms with van der Waals surface area (Å²) in [5, 5.41) is 9.95. The molecule has 1 heterocycles. The van der Waals surface area contributed by atoms with E-state index in [1.165, 1.54) is 32.1 Å². The summed E-state index contributed by atoms with van der Waals surface area (Å²) in [5.41, 5.74) is 0. The van der Waals surface area contributed by atoms with Crippen LogP contribution in [0.4, 0.5) is 0 Å². The number of aliphatic hydroxyl groups is 1. The Hall–Kier alpha value is -0.160. The summed E-state index contributed by atoms with van der Waals surface area (Å²) in [4.78, 5) is 2.23. The second-order valence-corrected chi connectivity index (χ2v) is 6.26. The van der Waals surface area contributed by atoms with Crippen LogP contribution in [-0.2, 0) is 9.47 Å². The van der Waals surface area contributed by atoms with Crippen molar-refractivity contribution in [1.29, 1.82) is 0 Å². The van der Waals surface area contributed by atoms with Crippen molar-refractivity contribution >= 4 is 0 Å². The molecule has 0 aliphatic carbocycles. The molecule has 0 amide bonds. The first kappa shape index (κ1) is 18.9. The minimum atomic E-state index is -0.302. The molecule has 4 nitrogen and oxygen atoms in total. The van der Waals surface area contributed by atoms with Gasteiger partial charge in [0.25, 0.3) is 0 Å². The number of aliphatic hydroxyl groups excluding tert-OH is 1. The molecule has 1 fully saturated rings. The SMILES string of the molecule is CCCC(CCC)CCCC(O)COCCN1CCOC1. The van der Waals surface area contributed by atoms with Crippen molar-refractivity contribution in [2.24, 2.45) is 5.92 Å². The van der Waals surface area contributed by atoms with Crippen molar-refractivity contribution in [3.8, 4) is 0 Å². The van der Waals surface area contributed by atoms with Crippen LogP contribution < -0.4 is 0 Å². The average Bonchev–Trinajstić information content (AvgIpc) is 2.97. The Kier molecular flexibility index (Phi) is 11.1. The van der Waals surface area contributed by atoms with Crippen molar-refractivity contribution in [3.05, 3.63) is 0 Å². The molecule has 0 aromatic rings. The van der Waals surface area contributed by atoms with Gasteiger partial charge in [0.1, 0.15) is 0 Å². The quantitative estimate of drug-likeness (QED) is 0.531. The summed E-state index contributed by atoms with van der Waals surface area (Å²) in [7, 11) is 0. The average molecular weight is 301 g/mol. The Morgan fingerprint density at radius 2 is 1.90 bits per heavy atom. The maximum absolute atomic E-state index is 9.95. The third-order valence-corrected chi connectivity index (χ3v) is 4.23. The molecule has 1 atom stereocenters. The molecule has 1 saturated heterocycles. The largest absolute Gasteiger partial charge is 0.391 e. The van der Waals surface area contributed by atoms with Gasteiger partial charge in [-0.1, -0.05) is 52.4 Å². The molecule has 0 aromatic heterocycles. The molecular formula is C17H35NO3. The van der Waals surface area contributed by atoms with Crippen LogP contribution in [0.2, 0.25) is 0 Å². The van der Waals surface area contributed by atoms with E-state index < -0.39 is 0 Å². The Labute approximate surface area is 130 Å². The first-order valence-electron chi connectivity index (χ1n) is 8.82. The van der Waals surface area contributed by atoms with Gasteiger partial charge in [-0.2, -0.15) is 0 Å². The predicted octanol–water partition coefficient (Wildman–Crippen LogP) is 3.04.